The molecule has 2 amide bonds. The number of thioether (sulfide) groups is 1. The Labute approximate surface area is 139 Å². The monoisotopic (exact) mass is 340 g/mol. The lowest BCUT2D eigenvalue weighted by atomic mass is 10.2. The van der Waals surface area contributed by atoms with Gasteiger partial charge in [-0.2, -0.15) is 0 Å². The van der Waals surface area contributed by atoms with Crippen LogP contribution in [0.25, 0.3) is 0 Å². The Morgan fingerprint density at radius 3 is 2.82 bits per heavy atom. The molecule has 1 aromatic carbocycles. The second-order valence-corrected chi connectivity index (χ2v) is 8.55. The van der Waals surface area contributed by atoms with Gasteiger partial charge in [0.15, 0.2) is 0 Å². The van der Waals surface area contributed by atoms with Gasteiger partial charge in [-0.25, -0.2) is 4.79 Å². The molecule has 1 aliphatic heterocycles. The van der Waals surface area contributed by atoms with Crippen molar-refractivity contribution in [1.29, 1.82) is 0 Å². The quantitative estimate of drug-likeness (QED) is 0.662. The Morgan fingerprint density at radius 1 is 1.36 bits per heavy atom. The number of amides is 2. The zero-order chi connectivity index (χ0) is 15.9. The predicted molar refractivity (Wildman–Crippen MR) is 93.8 cm³/mol. The van der Waals surface area contributed by atoms with Crippen LogP contribution in [0.1, 0.15) is 20.3 Å². The smallest absolute Gasteiger partial charge is 0.317 e. The van der Waals surface area contributed by atoms with Gasteiger partial charge in [0, 0.05) is 40.6 Å². The number of urea groups is 1. The second-order valence-electron chi connectivity index (χ2n) is 5.47. The highest BCUT2D eigenvalue weighted by Gasteiger charge is 2.32. The fourth-order valence-electron chi connectivity index (χ4n) is 2.41. The fraction of sp³-hybridized carbons (Fsp3) is 0.562. The Balaban J connectivity index is 1.66. The van der Waals surface area contributed by atoms with Crippen LogP contribution in [0.15, 0.2) is 35.2 Å². The maximum absolute atomic E-state index is 12.2. The average Bonchev–Trinajstić information content (AvgIpc) is 2.53. The SMILES string of the molecule is C[C@@H]1[C@H](C)[S@@](=O)CCN1C(=O)NCCCSc1ccccc1. The van der Waals surface area contributed by atoms with Crippen LogP contribution < -0.4 is 5.32 Å². The molecule has 1 fully saturated rings. The average molecular weight is 341 g/mol. The highest BCUT2D eigenvalue weighted by molar-refractivity contribution is 7.99. The molecule has 1 N–H and O–H groups in total. The van der Waals surface area contributed by atoms with Gasteiger partial charge in [-0.15, -0.1) is 11.8 Å². The molecule has 2 rings (SSSR count). The number of hydrogen-bond acceptors (Lipinski definition) is 3. The molecule has 0 unspecified atom stereocenters. The third-order valence-electron chi connectivity index (χ3n) is 3.99. The van der Waals surface area contributed by atoms with Crippen LogP contribution >= 0.6 is 11.8 Å². The summed E-state index contributed by atoms with van der Waals surface area (Å²) in [6.07, 6.45) is 0.939. The topological polar surface area (TPSA) is 49.4 Å². The molecule has 0 bridgehead atoms. The molecular weight excluding hydrogens is 316 g/mol. The molecule has 1 aliphatic rings. The first-order chi connectivity index (χ1) is 10.6. The van der Waals surface area contributed by atoms with E-state index in [-0.39, 0.29) is 17.3 Å². The lowest BCUT2D eigenvalue weighted by molar-refractivity contribution is 0.179. The minimum atomic E-state index is -0.807. The Hall–Kier alpha value is -1.01. The minimum Gasteiger partial charge on any atom is -0.338 e. The lowest BCUT2D eigenvalue weighted by Gasteiger charge is -2.37. The van der Waals surface area contributed by atoms with Gasteiger partial charge in [0.2, 0.25) is 0 Å². The van der Waals surface area contributed by atoms with Crippen molar-refractivity contribution in [1.82, 2.24) is 10.2 Å². The van der Waals surface area contributed by atoms with Crippen molar-refractivity contribution in [2.45, 2.75) is 36.5 Å². The minimum absolute atomic E-state index is 0.0271. The summed E-state index contributed by atoms with van der Waals surface area (Å²) in [7, 11) is -0.807. The van der Waals surface area contributed by atoms with E-state index in [9.17, 15) is 9.00 Å². The van der Waals surface area contributed by atoms with Gasteiger partial charge in [-0.1, -0.05) is 18.2 Å². The van der Waals surface area contributed by atoms with Crippen molar-refractivity contribution in [3.8, 4) is 0 Å². The first-order valence-corrected chi connectivity index (χ1v) is 10.1. The summed E-state index contributed by atoms with van der Waals surface area (Å²) in [5, 5.41) is 3.03. The van der Waals surface area contributed by atoms with E-state index in [1.807, 2.05) is 36.9 Å². The largest absolute Gasteiger partial charge is 0.338 e. The van der Waals surface area contributed by atoms with E-state index in [2.05, 4.69) is 17.4 Å². The standard InChI is InChI=1S/C16H24N2O2S2/c1-13-14(2)22(20)12-10-18(13)16(19)17-9-6-11-21-15-7-4-3-5-8-15/h3-5,7-8,13-14H,6,9-12H2,1-2H3,(H,17,19)/t13-,14+,22+/m1/s1. The summed E-state index contributed by atoms with van der Waals surface area (Å²) in [6, 6.07) is 10.3. The first kappa shape index (κ1) is 17.3. The van der Waals surface area contributed by atoms with Crippen molar-refractivity contribution in [3.63, 3.8) is 0 Å². The van der Waals surface area contributed by atoms with Gasteiger partial charge in [-0.3, -0.25) is 4.21 Å². The zero-order valence-corrected chi connectivity index (χ0v) is 14.8. The number of carbonyl (C=O) groups excluding carboxylic acids is 1. The molecule has 0 radical (unpaired) electrons. The van der Waals surface area contributed by atoms with Gasteiger partial charge in [0.05, 0.1) is 5.25 Å². The van der Waals surface area contributed by atoms with Crippen molar-refractivity contribution in [3.05, 3.63) is 30.3 Å². The molecule has 0 aromatic heterocycles. The normalized spacial score (nSPS) is 25.0. The number of rotatable bonds is 5. The summed E-state index contributed by atoms with van der Waals surface area (Å²) < 4.78 is 11.8. The molecule has 0 saturated carbocycles. The zero-order valence-electron chi connectivity index (χ0n) is 13.2. The van der Waals surface area contributed by atoms with Crippen LogP contribution in [0.4, 0.5) is 4.79 Å². The molecule has 1 aromatic rings. The third kappa shape index (κ3) is 4.74. The van der Waals surface area contributed by atoms with Gasteiger partial charge in [-0.05, 0) is 38.2 Å². The molecule has 4 nitrogen and oxygen atoms in total. The van der Waals surface area contributed by atoms with Crippen LogP contribution in [0.3, 0.4) is 0 Å². The van der Waals surface area contributed by atoms with Gasteiger partial charge in [0.1, 0.15) is 0 Å². The summed E-state index contributed by atoms with van der Waals surface area (Å²) in [5.74, 6) is 1.57. The predicted octanol–water partition coefficient (Wildman–Crippen LogP) is 2.72. The highest BCUT2D eigenvalue weighted by atomic mass is 32.2. The van der Waals surface area contributed by atoms with E-state index in [1.54, 1.807) is 11.8 Å². The van der Waals surface area contributed by atoms with Crippen molar-refractivity contribution in [2.24, 2.45) is 0 Å². The summed E-state index contributed by atoms with van der Waals surface area (Å²) in [5.41, 5.74) is 0. The van der Waals surface area contributed by atoms with Crippen LogP contribution in [0.5, 0.6) is 0 Å². The van der Waals surface area contributed by atoms with Crippen LogP contribution in [-0.2, 0) is 10.8 Å². The molecule has 22 heavy (non-hydrogen) atoms. The van der Waals surface area contributed by atoms with Gasteiger partial charge in [0.25, 0.3) is 0 Å². The lowest BCUT2D eigenvalue weighted by Crippen LogP contribution is -2.55. The van der Waals surface area contributed by atoms with Crippen LogP contribution in [0, 0.1) is 0 Å². The molecule has 1 heterocycles. The number of nitrogens with zero attached hydrogens (tertiary/aromatic N) is 1. The van der Waals surface area contributed by atoms with E-state index in [0.717, 1.165) is 12.2 Å². The summed E-state index contributed by atoms with van der Waals surface area (Å²) in [6.45, 7) is 5.20. The Bertz CT molecular complexity index is 510. The van der Waals surface area contributed by atoms with Crippen molar-refractivity contribution < 1.29 is 9.00 Å². The summed E-state index contributed by atoms with van der Waals surface area (Å²) >= 11 is 1.80. The first-order valence-electron chi connectivity index (χ1n) is 7.69. The maximum Gasteiger partial charge on any atom is 0.317 e. The third-order valence-corrected chi connectivity index (χ3v) is 6.90. The summed E-state index contributed by atoms with van der Waals surface area (Å²) in [4.78, 5) is 15.3. The van der Waals surface area contributed by atoms with E-state index < -0.39 is 10.8 Å². The van der Waals surface area contributed by atoms with Gasteiger partial charge < -0.3 is 10.2 Å². The van der Waals surface area contributed by atoms with Crippen LogP contribution in [0.2, 0.25) is 0 Å². The van der Waals surface area contributed by atoms with Crippen LogP contribution in [-0.4, -0.2) is 51.0 Å². The molecule has 3 atom stereocenters. The van der Waals surface area contributed by atoms with E-state index in [1.165, 1.54) is 4.90 Å². The number of carbonyl (C=O) groups is 1. The second kappa shape index (κ2) is 8.58. The fourth-order valence-corrected chi connectivity index (χ4v) is 4.62. The molecule has 1 saturated heterocycles. The molecular formula is C16H24N2O2S2. The number of benzene rings is 1. The van der Waals surface area contributed by atoms with Gasteiger partial charge >= 0.3 is 6.03 Å². The van der Waals surface area contributed by atoms with E-state index >= 15 is 0 Å². The molecule has 122 valence electrons. The maximum atomic E-state index is 12.2. The molecule has 0 aliphatic carbocycles. The molecule has 6 heteroatoms. The van der Waals surface area contributed by atoms with E-state index in [4.69, 9.17) is 0 Å². The van der Waals surface area contributed by atoms with E-state index in [0.29, 0.717) is 18.8 Å². The Morgan fingerprint density at radius 2 is 2.09 bits per heavy atom. The highest BCUT2D eigenvalue weighted by Crippen LogP contribution is 2.18. The number of hydrogen-bond donors (Lipinski definition) is 1. The van der Waals surface area contributed by atoms with Crippen molar-refractivity contribution >= 4 is 28.6 Å². The molecule has 0 spiro atoms. The Kier molecular flexibility index (Phi) is 6.76. The number of nitrogens with one attached hydrogen (secondary N) is 1. The van der Waals surface area contributed by atoms with Crippen molar-refractivity contribution in [2.75, 3.05) is 24.6 Å².